The van der Waals surface area contributed by atoms with Crippen LogP contribution in [-0.2, 0) is 19.6 Å². The lowest BCUT2D eigenvalue weighted by Crippen LogP contribution is -2.46. The number of piperidine rings is 1. The van der Waals surface area contributed by atoms with Crippen LogP contribution in [0.2, 0.25) is 0 Å². The second-order valence-corrected chi connectivity index (χ2v) is 7.42. The van der Waals surface area contributed by atoms with E-state index in [1.807, 2.05) is 0 Å². The summed E-state index contributed by atoms with van der Waals surface area (Å²) in [5.41, 5.74) is 0. The number of rotatable bonds is 5. The number of hydrogen-bond acceptors (Lipinski definition) is 4. The molecule has 5 nitrogen and oxygen atoms in total. The highest BCUT2D eigenvalue weighted by atomic mass is 32.2. The second-order valence-electron chi connectivity index (χ2n) is 5.13. The van der Waals surface area contributed by atoms with E-state index in [9.17, 15) is 22.0 Å². The summed E-state index contributed by atoms with van der Waals surface area (Å²) in [5, 5.41) is -0.932. The number of alkyl halides is 2. The van der Waals surface area contributed by atoms with E-state index in [0.29, 0.717) is 0 Å². The molecule has 0 aliphatic carbocycles. The summed E-state index contributed by atoms with van der Waals surface area (Å²) in [7, 11) is -2.48. The van der Waals surface area contributed by atoms with Crippen LogP contribution in [0, 0.1) is 11.8 Å². The van der Waals surface area contributed by atoms with E-state index in [1.165, 1.54) is 25.3 Å². The van der Waals surface area contributed by atoms with Crippen molar-refractivity contribution < 1.29 is 26.7 Å². The molecule has 0 radical (unpaired) electrons. The first-order valence-electron chi connectivity index (χ1n) is 6.56. The number of ether oxygens (including phenoxy) is 1. The molecule has 118 valence electrons. The quantitative estimate of drug-likeness (QED) is 0.721. The summed E-state index contributed by atoms with van der Waals surface area (Å²) in [4.78, 5) is 11.4. The molecule has 0 amide bonds. The number of carbonyl (C=O) groups is 1. The van der Waals surface area contributed by atoms with Crippen LogP contribution in [0.1, 0.15) is 26.7 Å². The molecule has 0 saturated carbocycles. The van der Waals surface area contributed by atoms with Gasteiger partial charge in [-0.25, -0.2) is 21.5 Å². The molecule has 20 heavy (non-hydrogen) atoms. The Morgan fingerprint density at radius 2 is 1.75 bits per heavy atom. The zero-order valence-corrected chi connectivity index (χ0v) is 12.7. The number of esters is 1. The predicted octanol–water partition coefficient (Wildman–Crippen LogP) is 1.49. The van der Waals surface area contributed by atoms with Crippen LogP contribution in [0.15, 0.2) is 0 Å². The molecule has 2 unspecified atom stereocenters. The zero-order valence-electron chi connectivity index (χ0n) is 11.9. The lowest BCUT2D eigenvalue weighted by molar-refractivity contribution is -0.144. The van der Waals surface area contributed by atoms with E-state index >= 15 is 0 Å². The third kappa shape index (κ3) is 3.66. The average Bonchev–Trinajstić information content (AvgIpc) is 2.44. The van der Waals surface area contributed by atoms with Gasteiger partial charge in [-0.2, -0.15) is 0 Å². The minimum Gasteiger partial charge on any atom is -0.469 e. The molecule has 0 spiro atoms. The van der Waals surface area contributed by atoms with Gasteiger partial charge >= 0.3 is 5.97 Å². The molecule has 1 aliphatic rings. The van der Waals surface area contributed by atoms with Crippen LogP contribution in [0.3, 0.4) is 0 Å². The number of methoxy groups -OCH3 is 1. The van der Waals surface area contributed by atoms with E-state index in [0.717, 1.165) is 0 Å². The molecular formula is C12H21F2NO4S. The molecule has 8 heteroatoms. The van der Waals surface area contributed by atoms with Gasteiger partial charge in [0.2, 0.25) is 16.4 Å². The van der Waals surface area contributed by atoms with Crippen LogP contribution in [0.5, 0.6) is 0 Å². The first-order valence-corrected chi connectivity index (χ1v) is 8.07. The Kier molecular flexibility index (Phi) is 5.88. The van der Waals surface area contributed by atoms with Crippen molar-refractivity contribution in [1.29, 1.82) is 0 Å². The SMILES string of the molecule is COC(=O)C(C)C(C)S(=O)(=O)N1CCC(C(F)F)CC1. The monoisotopic (exact) mass is 313 g/mol. The first kappa shape index (κ1) is 17.3. The van der Waals surface area contributed by atoms with Gasteiger partial charge in [0.25, 0.3) is 0 Å². The maximum Gasteiger partial charge on any atom is 0.309 e. The van der Waals surface area contributed by atoms with Crippen LogP contribution < -0.4 is 0 Å². The summed E-state index contributed by atoms with van der Waals surface area (Å²) in [6.07, 6.45) is -2.11. The highest BCUT2D eigenvalue weighted by Crippen LogP contribution is 2.27. The topological polar surface area (TPSA) is 63.7 Å². The summed E-state index contributed by atoms with van der Waals surface area (Å²) in [5.74, 6) is -2.13. The number of hydrogen-bond donors (Lipinski definition) is 0. The fraction of sp³-hybridized carbons (Fsp3) is 0.917. The normalized spacial score (nSPS) is 21.7. The molecule has 0 aromatic heterocycles. The number of halogens is 2. The summed E-state index contributed by atoms with van der Waals surface area (Å²) < 4.78 is 55.6. The second kappa shape index (κ2) is 6.80. The zero-order chi connectivity index (χ0) is 15.5. The highest BCUT2D eigenvalue weighted by Gasteiger charge is 2.38. The fourth-order valence-electron chi connectivity index (χ4n) is 2.25. The van der Waals surface area contributed by atoms with Crippen molar-refractivity contribution in [2.75, 3.05) is 20.2 Å². The van der Waals surface area contributed by atoms with Crippen molar-refractivity contribution in [3.8, 4) is 0 Å². The molecular weight excluding hydrogens is 292 g/mol. The molecule has 0 N–H and O–H groups in total. The average molecular weight is 313 g/mol. The van der Waals surface area contributed by atoms with E-state index < -0.39 is 39.5 Å². The molecule has 1 rings (SSSR count). The van der Waals surface area contributed by atoms with Crippen molar-refractivity contribution in [3.63, 3.8) is 0 Å². The van der Waals surface area contributed by atoms with Gasteiger partial charge in [-0.3, -0.25) is 4.79 Å². The summed E-state index contributed by atoms with van der Waals surface area (Å²) >= 11 is 0. The Bertz CT molecular complexity index is 433. The van der Waals surface area contributed by atoms with Crippen LogP contribution in [0.25, 0.3) is 0 Å². The lowest BCUT2D eigenvalue weighted by Gasteiger charge is -2.33. The molecule has 0 aromatic carbocycles. The molecule has 1 heterocycles. The Labute approximate surface area is 118 Å². The van der Waals surface area contributed by atoms with Crippen LogP contribution in [0.4, 0.5) is 8.78 Å². The smallest absolute Gasteiger partial charge is 0.309 e. The van der Waals surface area contributed by atoms with Gasteiger partial charge in [0.05, 0.1) is 18.3 Å². The van der Waals surface area contributed by atoms with Crippen LogP contribution in [-0.4, -0.2) is 50.6 Å². The molecule has 0 bridgehead atoms. The van der Waals surface area contributed by atoms with Gasteiger partial charge in [0.1, 0.15) is 0 Å². The molecule has 1 aliphatic heterocycles. The summed E-state index contributed by atoms with van der Waals surface area (Å²) in [6.45, 7) is 3.08. The first-order chi connectivity index (χ1) is 9.21. The van der Waals surface area contributed by atoms with E-state index in [4.69, 9.17) is 0 Å². The van der Waals surface area contributed by atoms with Gasteiger partial charge < -0.3 is 4.74 Å². The van der Waals surface area contributed by atoms with Gasteiger partial charge in [0, 0.05) is 19.0 Å². The minimum absolute atomic E-state index is 0.0789. The summed E-state index contributed by atoms with van der Waals surface area (Å²) in [6, 6.07) is 0. The molecule has 0 aromatic rings. The Morgan fingerprint density at radius 3 is 2.15 bits per heavy atom. The van der Waals surface area contributed by atoms with E-state index in [1.54, 1.807) is 0 Å². The Morgan fingerprint density at radius 1 is 1.25 bits per heavy atom. The Hall–Kier alpha value is -0.760. The lowest BCUT2D eigenvalue weighted by atomic mass is 9.99. The third-order valence-corrected chi connectivity index (χ3v) is 6.39. The number of sulfonamides is 1. The molecule has 2 atom stereocenters. The van der Waals surface area contributed by atoms with Gasteiger partial charge in [-0.15, -0.1) is 0 Å². The highest BCUT2D eigenvalue weighted by molar-refractivity contribution is 7.89. The van der Waals surface area contributed by atoms with Crippen molar-refractivity contribution in [3.05, 3.63) is 0 Å². The fourth-order valence-corrected chi connectivity index (χ4v) is 4.07. The van der Waals surface area contributed by atoms with Crippen LogP contribution >= 0.6 is 0 Å². The Balaban J connectivity index is 2.73. The van der Waals surface area contributed by atoms with Crippen molar-refractivity contribution in [2.45, 2.75) is 38.4 Å². The molecule has 1 saturated heterocycles. The van der Waals surface area contributed by atoms with Crippen molar-refractivity contribution in [1.82, 2.24) is 4.31 Å². The predicted molar refractivity (Wildman–Crippen MR) is 69.9 cm³/mol. The van der Waals surface area contributed by atoms with Gasteiger partial charge in [0.15, 0.2) is 0 Å². The molecule has 1 fully saturated rings. The van der Waals surface area contributed by atoms with E-state index in [-0.39, 0.29) is 25.9 Å². The van der Waals surface area contributed by atoms with Gasteiger partial charge in [-0.05, 0) is 19.8 Å². The number of carbonyl (C=O) groups excluding carboxylic acids is 1. The maximum atomic E-state index is 12.6. The maximum absolute atomic E-state index is 12.6. The minimum atomic E-state index is -3.68. The van der Waals surface area contributed by atoms with Crippen molar-refractivity contribution in [2.24, 2.45) is 11.8 Å². The number of nitrogens with zero attached hydrogens (tertiary/aromatic N) is 1. The third-order valence-electron chi connectivity index (χ3n) is 3.96. The largest absolute Gasteiger partial charge is 0.469 e. The van der Waals surface area contributed by atoms with E-state index in [2.05, 4.69) is 4.74 Å². The van der Waals surface area contributed by atoms with Gasteiger partial charge in [-0.1, -0.05) is 6.92 Å². The standard InChI is InChI=1S/C12H21F2NO4S/c1-8(12(16)19-3)9(2)20(17,18)15-6-4-10(5-7-15)11(13)14/h8-11H,4-7H2,1-3H3. The van der Waals surface area contributed by atoms with Crippen molar-refractivity contribution >= 4 is 16.0 Å².